The standard InChI is InChI=1S/C18H16ClNO2/c1-12-3-5-15(13(2)9-12)6-8-18(21)22-17-7-4-14(11-20)10-16(17)19/h3-5,7,9-10H,6,8H2,1-2H3. The molecule has 0 bridgehead atoms. The number of halogens is 1. The van der Waals surface area contributed by atoms with Crippen LogP contribution in [0.2, 0.25) is 5.02 Å². The number of benzene rings is 2. The fourth-order valence-electron chi connectivity index (χ4n) is 2.19. The van der Waals surface area contributed by atoms with E-state index in [1.165, 1.54) is 23.3 Å². The van der Waals surface area contributed by atoms with Gasteiger partial charge in [0.25, 0.3) is 0 Å². The average Bonchev–Trinajstić information content (AvgIpc) is 2.48. The predicted molar refractivity (Wildman–Crippen MR) is 86.0 cm³/mol. The Morgan fingerprint density at radius 3 is 2.64 bits per heavy atom. The molecular formula is C18H16ClNO2. The number of rotatable bonds is 4. The van der Waals surface area contributed by atoms with E-state index >= 15 is 0 Å². The Hall–Kier alpha value is -2.31. The lowest BCUT2D eigenvalue weighted by Gasteiger charge is -2.08. The summed E-state index contributed by atoms with van der Waals surface area (Å²) in [6.07, 6.45) is 0.902. The van der Waals surface area contributed by atoms with E-state index in [1.54, 1.807) is 6.07 Å². The molecule has 0 unspecified atom stereocenters. The van der Waals surface area contributed by atoms with E-state index in [0.717, 1.165) is 5.56 Å². The third kappa shape index (κ3) is 4.09. The molecule has 4 heteroatoms. The fraction of sp³-hybridized carbons (Fsp3) is 0.222. The number of ether oxygens (including phenoxy) is 1. The highest BCUT2D eigenvalue weighted by Gasteiger charge is 2.10. The fourth-order valence-corrected chi connectivity index (χ4v) is 2.41. The first-order valence-corrected chi connectivity index (χ1v) is 7.34. The van der Waals surface area contributed by atoms with Gasteiger partial charge in [0.15, 0.2) is 0 Å². The topological polar surface area (TPSA) is 50.1 Å². The molecule has 112 valence electrons. The second-order valence-corrected chi connectivity index (χ2v) is 5.57. The number of aryl methyl sites for hydroxylation is 3. The third-order valence-electron chi connectivity index (χ3n) is 3.38. The van der Waals surface area contributed by atoms with E-state index < -0.39 is 0 Å². The zero-order chi connectivity index (χ0) is 16.1. The summed E-state index contributed by atoms with van der Waals surface area (Å²) in [5.74, 6) is -0.0575. The maximum absolute atomic E-state index is 11.9. The van der Waals surface area contributed by atoms with Gasteiger partial charge in [-0.1, -0.05) is 35.4 Å². The van der Waals surface area contributed by atoms with Gasteiger partial charge in [0.05, 0.1) is 16.7 Å². The van der Waals surface area contributed by atoms with E-state index in [9.17, 15) is 4.79 Å². The van der Waals surface area contributed by atoms with E-state index in [4.69, 9.17) is 21.6 Å². The third-order valence-corrected chi connectivity index (χ3v) is 3.68. The Morgan fingerprint density at radius 2 is 2.00 bits per heavy atom. The van der Waals surface area contributed by atoms with Crippen LogP contribution in [0.3, 0.4) is 0 Å². The molecule has 0 radical (unpaired) electrons. The number of nitrogens with zero attached hydrogens (tertiary/aromatic N) is 1. The van der Waals surface area contributed by atoms with Gasteiger partial charge in [0.1, 0.15) is 5.75 Å². The molecule has 2 aromatic rings. The molecular weight excluding hydrogens is 298 g/mol. The van der Waals surface area contributed by atoms with Crippen LogP contribution in [0.1, 0.15) is 28.7 Å². The molecule has 0 aromatic heterocycles. The first-order chi connectivity index (χ1) is 10.5. The van der Waals surface area contributed by atoms with Crippen molar-refractivity contribution in [1.29, 1.82) is 5.26 Å². The molecule has 0 aliphatic heterocycles. The molecule has 0 amide bonds. The Morgan fingerprint density at radius 1 is 1.23 bits per heavy atom. The molecule has 0 fully saturated rings. The summed E-state index contributed by atoms with van der Waals surface area (Å²) in [7, 11) is 0. The average molecular weight is 314 g/mol. The van der Waals surface area contributed by atoms with E-state index in [-0.39, 0.29) is 23.2 Å². The predicted octanol–water partition coefficient (Wildman–Crippen LogP) is 4.37. The summed E-state index contributed by atoms with van der Waals surface area (Å²) in [5, 5.41) is 9.04. The lowest BCUT2D eigenvalue weighted by molar-refractivity contribution is -0.134. The van der Waals surface area contributed by atoms with Crippen LogP contribution >= 0.6 is 11.6 Å². The molecule has 2 rings (SSSR count). The van der Waals surface area contributed by atoms with Gasteiger partial charge in [-0.15, -0.1) is 0 Å². The summed E-state index contributed by atoms with van der Waals surface area (Å²) in [6.45, 7) is 4.07. The highest BCUT2D eigenvalue weighted by molar-refractivity contribution is 6.32. The van der Waals surface area contributed by atoms with E-state index in [1.807, 2.05) is 32.0 Å². The Bertz CT molecular complexity index is 747. The smallest absolute Gasteiger partial charge is 0.311 e. The highest BCUT2D eigenvalue weighted by Crippen LogP contribution is 2.25. The van der Waals surface area contributed by atoms with Crippen LogP contribution in [-0.4, -0.2) is 5.97 Å². The Labute approximate surface area is 135 Å². The van der Waals surface area contributed by atoms with Crippen LogP contribution in [0.5, 0.6) is 5.75 Å². The first-order valence-electron chi connectivity index (χ1n) is 6.96. The molecule has 0 spiro atoms. The van der Waals surface area contributed by atoms with Gasteiger partial charge in [-0.25, -0.2) is 0 Å². The summed E-state index contributed by atoms with van der Waals surface area (Å²) in [6, 6.07) is 12.7. The van der Waals surface area contributed by atoms with Gasteiger partial charge >= 0.3 is 5.97 Å². The maximum atomic E-state index is 11.9. The van der Waals surface area contributed by atoms with Gasteiger partial charge in [-0.3, -0.25) is 4.79 Å². The zero-order valence-corrected chi connectivity index (χ0v) is 13.3. The molecule has 3 nitrogen and oxygen atoms in total. The minimum absolute atomic E-state index is 0.263. The van der Waals surface area contributed by atoms with Crippen molar-refractivity contribution in [3.63, 3.8) is 0 Å². The van der Waals surface area contributed by atoms with Crippen LogP contribution in [0.15, 0.2) is 36.4 Å². The van der Waals surface area contributed by atoms with Crippen molar-refractivity contribution in [1.82, 2.24) is 0 Å². The number of carbonyl (C=O) groups excluding carboxylic acids is 1. The van der Waals surface area contributed by atoms with Crippen molar-refractivity contribution >= 4 is 17.6 Å². The highest BCUT2D eigenvalue weighted by atomic mass is 35.5. The van der Waals surface area contributed by atoms with Crippen LogP contribution in [0.4, 0.5) is 0 Å². The van der Waals surface area contributed by atoms with Crippen molar-refractivity contribution < 1.29 is 9.53 Å². The number of hydrogen-bond acceptors (Lipinski definition) is 3. The van der Waals surface area contributed by atoms with Crippen molar-refractivity contribution in [3.05, 3.63) is 63.7 Å². The van der Waals surface area contributed by atoms with E-state index in [2.05, 4.69) is 6.07 Å². The van der Waals surface area contributed by atoms with Gasteiger partial charge in [0, 0.05) is 6.42 Å². The van der Waals surface area contributed by atoms with Crippen molar-refractivity contribution in [3.8, 4) is 11.8 Å². The molecule has 0 aliphatic carbocycles. The number of carbonyl (C=O) groups is 1. The molecule has 22 heavy (non-hydrogen) atoms. The van der Waals surface area contributed by atoms with Crippen LogP contribution in [0.25, 0.3) is 0 Å². The van der Waals surface area contributed by atoms with Gasteiger partial charge in [-0.2, -0.15) is 5.26 Å². The summed E-state index contributed by atoms with van der Waals surface area (Å²) < 4.78 is 5.25. The number of nitriles is 1. The molecule has 0 saturated carbocycles. The van der Waals surface area contributed by atoms with Crippen molar-refractivity contribution in [2.24, 2.45) is 0 Å². The SMILES string of the molecule is Cc1ccc(CCC(=O)Oc2ccc(C#N)cc2Cl)c(C)c1. The summed E-state index contributed by atoms with van der Waals surface area (Å²) >= 11 is 5.98. The quantitative estimate of drug-likeness (QED) is 0.622. The number of esters is 1. The second-order valence-electron chi connectivity index (χ2n) is 5.16. The van der Waals surface area contributed by atoms with Crippen LogP contribution < -0.4 is 4.74 Å². The number of hydrogen-bond donors (Lipinski definition) is 0. The Kier molecular flexibility index (Phi) is 5.19. The monoisotopic (exact) mass is 313 g/mol. The van der Waals surface area contributed by atoms with Gasteiger partial charge < -0.3 is 4.74 Å². The first kappa shape index (κ1) is 16.1. The molecule has 0 heterocycles. The summed E-state index contributed by atoms with van der Waals surface area (Å²) in [4.78, 5) is 11.9. The van der Waals surface area contributed by atoms with E-state index in [0.29, 0.717) is 12.0 Å². The minimum Gasteiger partial charge on any atom is -0.425 e. The molecule has 0 atom stereocenters. The molecule has 0 N–H and O–H groups in total. The summed E-state index contributed by atoms with van der Waals surface area (Å²) in [5.41, 5.74) is 3.94. The molecule has 0 saturated heterocycles. The zero-order valence-electron chi connectivity index (χ0n) is 12.5. The Balaban J connectivity index is 1.97. The van der Waals surface area contributed by atoms with Gasteiger partial charge in [0.2, 0.25) is 0 Å². The second kappa shape index (κ2) is 7.11. The van der Waals surface area contributed by atoms with Gasteiger partial charge in [-0.05, 0) is 49.6 Å². The van der Waals surface area contributed by atoms with Crippen LogP contribution in [-0.2, 0) is 11.2 Å². The normalized spacial score (nSPS) is 10.1. The van der Waals surface area contributed by atoms with Crippen molar-refractivity contribution in [2.75, 3.05) is 0 Å². The maximum Gasteiger partial charge on any atom is 0.311 e. The van der Waals surface area contributed by atoms with Crippen LogP contribution in [0, 0.1) is 25.2 Å². The lowest BCUT2D eigenvalue weighted by Crippen LogP contribution is -2.09. The largest absolute Gasteiger partial charge is 0.425 e. The minimum atomic E-state index is -0.341. The van der Waals surface area contributed by atoms with Crippen molar-refractivity contribution in [2.45, 2.75) is 26.7 Å². The lowest BCUT2D eigenvalue weighted by atomic mass is 10.0. The molecule has 2 aromatic carbocycles. The molecule has 0 aliphatic rings.